The van der Waals surface area contributed by atoms with Gasteiger partial charge in [0.05, 0.1) is 19.8 Å². The molecule has 0 spiro atoms. The van der Waals surface area contributed by atoms with E-state index in [9.17, 15) is 9.90 Å². The van der Waals surface area contributed by atoms with E-state index in [1.54, 1.807) is 6.07 Å². The Morgan fingerprint density at radius 1 is 1.17 bits per heavy atom. The molecule has 0 saturated carbocycles. The molecule has 1 amide bonds. The third-order valence-electron chi connectivity index (χ3n) is 3.82. The Morgan fingerprint density at radius 2 is 1.88 bits per heavy atom. The van der Waals surface area contributed by atoms with Crippen LogP contribution in [0.5, 0.6) is 5.88 Å². The summed E-state index contributed by atoms with van der Waals surface area (Å²) < 4.78 is 5.29. The molecule has 0 aliphatic heterocycles. The van der Waals surface area contributed by atoms with Crippen molar-refractivity contribution in [1.82, 2.24) is 10.3 Å². The SMILES string of the molecule is COc1nc(C(=O)NC(CO)c2ccccc2)cc2ccccc12. The van der Waals surface area contributed by atoms with Crippen molar-refractivity contribution in [3.63, 3.8) is 0 Å². The lowest BCUT2D eigenvalue weighted by Crippen LogP contribution is -2.31. The maximum atomic E-state index is 12.6. The highest BCUT2D eigenvalue weighted by atomic mass is 16.5. The number of amides is 1. The Hall–Kier alpha value is -2.92. The van der Waals surface area contributed by atoms with E-state index in [1.807, 2.05) is 54.6 Å². The molecule has 1 unspecified atom stereocenters. The average Bonchev–Trinajstić information content (AvgIpc) is 2.65. The van der Waals surface area contributed by atoms with Gasteiger partial charge in [-0.15, -0.1) is 0 Å². The van der Waals surface area contributed by atoms with E-state index in [1.165, 1.54) is 7.11 Å². The zero-order chi connectivity index (χ0) is 16.9. The van der Waals surface area contributed by atoms with E-state index in [0.717, 1.165) is 16.3 Å². The molecule has 24 heavy (non-hydrogen) atoms. The molecule has 5 heteroatoms. The smallest absolute Gasteiger partial charge is 0.270 e. The Morgan fingerprint density at radius 3 is 2.58 bits per heavy atom. The Balaban J connectivity index is 1.91. The van der Waals surface area contributed by atoms with Gasteiger partial charge in [0.2, 0.25) is 5.88 Å². The number of ether oxygens (including phenoxy) is 1. The molecule has 1 atom stereocenters. The molecule has 1 aromatic heterocycles. The highest BCUT2D eigenvalue weighted by molar-refractivity contribution is 5.98. The van der Waals surface area contributed by atoms with Crippen LogP contribution in [0, 0.1) is 0 Å². The Bertz CT molecular complexity index is 850. The zero-order valence-electron chi connectivity index (χ0n) is 13.3. The van der Waals surface area contributed by atoms with Gasteiger partial charge in [-0.05, 0) is 23.1 Å². The van der Waals surface area contributed by atoms with Gasteiger partial charge in [-0.1, -0.05) is 48.5 Å². The van der Waals surface area contributed by atoms with Crippen LogP contribution in [-0.4, -0.2) is 29.7 Å². The number of nitrogens with zero attached hydrogens (tertiary/aromatic N) is 1. The largest absolute Gasteiger partial charge is 0.481 e. The van der Waals surface area contributed by atoms with Crippen LogP contribution in [0.25, 0.3) is 10.8 Å². The Kier molecular flexibility index (Phi) is 4.72. The monoisotopic (exact) mass is 322 g/mol. The summed E-state index contributed by atoms with van der Waals surface area (Å²) in [5, 5.41) is 14.1. The van der Waals surface area contributed by atoms with Crippen molar-refractivity contribution >= 4 is 16.7 Å². The standard InChI is InChI=1S/C19H18N2O3/c1-24-19-15-10-6-5-9-14(15)11-16(21-19)18(23)20-17(12-22)13-7-3-2-4-8-13/h2-11,17,22H,12H2,1H3,(H,20,23). The lowest BCUT2D eigenvalue weighted by molar-refractivity contribution is 0.0910. The van der Waals surface area contributed by atoms with Crippen LogP contribution < -0.4 is 10.1 Å². The predicted molar refractivity (Wildman–Crippen MR) is 92.0 cm³/mol. The second-order valence-corrected chi connectivity index (χ2v) is 5.36. The molecule has 0 fully saturated rings. The van der Waals surface area contributed by atoms with Crippen LogP contribution in [0.15, 0.2) is 60.7 Å². The fourth-order valence-electron chi connectivity index (χ4n) is 2.59. The zero-order valence-corrected chi connectivity index (χ0v) is 13.3. The molecule has 0 aliphatic carbocycles. The highest BCUT2D eigenvalue weighted by Crippen LogP contribution is 2.24. The lowest BCUT2D eigenvalue weighted by atomic mass is 10.1. The number of benzene rings is 2. The van der Waals surface area contributed by atoms with E-state index in [0.29, 0.717) is 5.88 Å². The lowest BCUT2D eigenvalue weighted by Gasteiger charge is -2.17. The first kappa shape index (κ1) is 16.0. The van der Waals surface area contributed by atoms with Gasteiger partial charge >= 0.3 is 0 Å². The first-order chi connectivity index (χ1) is 11.7. The van der Waals surface area contributed by atoms with Gasteiger partial charge in [0.25, 0.3) is 5.91 Å². The summed E-state index contributed by atoms with van der Waals surface area (Å²) in [6, 6.07) is 18.1. The molecular weight excluding hydrogens is 304 g/mol. The molecule has 2 aromatic carbocycles. The average molecular weight is 322 g/mol. The number of aromatic nitrogens is 1. The van der Waals surface area contributed by atoms with Crippen molar-refractivity contribution in [2.75, 3.05) is 13.7 Å². The van der Waals surface area contributed by atoms with Gasteiger partial charge in [-0.3, -0.25) is 4.79 Å². The molecule has 2 N–H and O–H groups in total. The third kappa shape index (κ3) is 3.21. The summed E-state index contributed by atoms with van der Waals surface area (Å²) in [6.45, 7) is -0.194. The minimum absolute atomic E-state index is 0.194. The second-order valence-electron chi connectivity index (χ2n) is 5.36. The summed E-state index contributed by atoms with van der Waals surface area (Å²) in [5.74, 6) is 0.0421. The quantitative estimate of drug-likeness (QED) is 0.757. The van der Waals surface area contributed by atoms with Crippen LogP contribution in [0.3, 0.4) is 0 Å². The Labute approximate surface area is 139 Å². The summed E-state index contributed by atoms with van der Waals surface area (Å²) in [7, 11) is 1.52. The van der Waals surface area contributed by atoms with Crippen LogP contribution in [0.2, 0.25) is 0 Å². The van der Waals surface area contributed by atoms with Crippen LogP contribution >= 0.6 is 0 Å². The number of fused-ring (bicyclic) bond motifs is 1. The van der Waals surface area contributed by atoms with Crippen molar-refractivity contribution < 1.29 is 14.6 Å². The number of hydrogen-bond acceptors (Lipinski definition) is 4. The molecule has 0 radical (unpaired) electrons. The summed E-state index contributed by atoms with van der Waals surface area (Å²) in [5.41, 5.74) is 1.08. The normalized spacial score (nSPS) is 11.9. The molecule has 122 valence electrons. The van der Waals surface area contributed by atoms with Gasteiger partial charge in [0.15, 0.2) is 0 Å². The first-order valence-corrected chi connectivity index (χ1v) is 7.63. The van der Waals surface area contributed by atoms with E-state index in [2.05, 4.69) is 10.3 Å². The summed E-state index contributed by atoms with van der Waals surface area (Å²) >= 11 is 0. The van der Waals surface area contributed by atoms with Crippen molar-refractivity contribution in [2.24, 2.45) is 0 Å². The van der Waals surface area contributed by atoms with Crippen molar-refractivity contribution in [1.29, 1.82) is 0 Å². The van der Waals surface area contributed by atoms with E-state index in [4.69, 9.17) is 4.74 Å². The van der Waals surface area contributed by atoms with Crippen molar-refractivity contribution in [3.05, 3.63) is 71.9 Å². The molecule has 1 heterocycles. The topological polar surface area (TPSA) is 71.5 Å². The number of nitrogens with one attached hydrogen (secondary N) is 1. The number of pyridine rings is 1. The van der Waals surface area contributed by atoms with Gasteiger partial charge in [0.1, 0.15) is 5.69 Å². The summed E-state index contributed by atoms with van der Waals surface area (Å²) in [6.07, 6.45) is 0. The van der Waals surface area contributed by atoms with E-state index in [-0.39, 0.29) is 18.2 Å². The number of rotatable bonds is 5. The number of aliphatic hydroxyl groups is 1. The predicted octanol–water partition coefficient (Wildman–Crippen LogP) is 2.71. The number of methoxy groups -OCH3 is 1. The van der Waals surface area contributed by atoms with Gasteiger partial charge in [-0.2, -0.15) is 0 Å². The molecular formula is C19H18N2O3. The van der Waals surface area contributed by atoms with Crippen LogP contribution in [0.4, 0.5) is 0 Å². The molecule has 3 aromatic rings. The number of aliphatic hydroxyl groups excluding tert-OH is 1. The maximum Gasteiger partial charge on any atom is 0.270 e. The minimum atomic E-state index is -0.488. The number of hydrogen-bond donors (Lipinski definition) is 2. The fourth-order valence-corrected chi connectivity index (χ4v) is 2.59. The number of carbonyl (C=O) groups is 1. The fraction of sp³-hybridized carbons (Fsp3) is 0.158. The highest BCUT2D eigenvalue weighted by Gasteiger charge is 2.17. The molecule has 5 nitrogen and oxygen atoms in total. The molecule has 0 saturated heterocycles. The molecule has 0 aliphatic rings. The van der Waals surface area contributed by atoms with Crippen molar-refractivity contribution in [3.8, 4) is 5.88 Å². The number of carbonyl (C=O) groups excluding carboxylic acids is 1. The maximum absolute atomic E-state index is 12.6. The third-order valence-corrected chi connectivity index (χ3v) is 3.82. The van der Waals surface area contributed by atoms with Crippen LogP contribution in [0.1, 0.15) is 22.1 Å². The molecule has 0 bridgehead atoms. The van der Waals surface area contributed by atoms with Gasteiger partial charge in [0, 0.05) is 5.39 Å². The summed E-state index contributed by atoms with van der Waals surface area (Å²) in [4.78, 5) is 16.8. The second kappa shape index (κ2) is 7.10. The minimum Gasteiger partial charge on any atom is -0.481 e. The first-order valence-electron chi connectivity index (χ1n) is 7.63. The van der Waals surface area contributed by atoms with E-state index >= 15 is 0 Å². The van der Waals surface area contributed by atoms with Crippen molar-refractivity contribution in [2.45, 2.75) is 6.04 Å². The molecule has 3 rings (SSSR count). The van der Waals surface area contributed by atoms with E-state index < -0.39 is 6.04 Å². The van der Waals surface area contributed by atoms with Gasteiger partial charge in [-0.25, -0.2) is 4.98 Å². The van der Waals surface area contributed by atoms with Crippen LogP contribution in [-0.2, 0) is 0 Å². The van der Waals surface area contributed by atoms with Gasteiger partial charge < -0.3 is 15.2 Å².